The summed E-state index contributed by atoms with van der Waals surface area (Å²) in [6.07, 6.45) is 0. The summed E-state index contributed by atoms with van der Waals surface area (Å²) < 4.78 is 0. The number of hydrazine groups is 1. The molecular formula is C11H25N5. The van der Waals surface area contributed by atoms with Crippen LogP contribution in [0.1, 0.15) is 20.8 Å². The van der Waals surface area contributed by atoms with Gasteiger partial charge in [0.2, 0.25) is 5.96 Å². The van der Waals surface area contributed by atoms with E-state index in [0.717, 1.165) is 32.1 Å². The van der Waals surface area contributed by atoms with Crippen LogP contribution in [0.4, 0.5) is 0 Å². The molecule has 1 saturated heterocycles. The quantitative estimate of drug-likeness (QED) is 0.304. The highest BCUT2D eigenvalue weighted by Gasteiger charge is 2.22. The van der Waals surface area contributed by atoms with Crippen molar-refractivity contribution in [3.63, 3.8) is 0 Å². The minimum absolute atomic E-state index is 0.548. The number of aliphatic imine (C=N–C) groups is 1. The number of hydrogen-bond acceptors (Lipinski definition) is 3. The summed E-state index contributed by atoms with van der Waals surface area (Å²) in [6.45, 7) is 10.4. The van der Waals surface area contributed by atoms with Gasteiger partial charge >= 0.3 is 0 Å². The zero-order valence-electron chi connectivity index (χ0n) is 10.9. The predicted octanol–water partition coefficient (Wildman–Crippen LogP) is 0.0976. The van der Waals surface area contributed by atoms with E-state index in [1.54, 1.807) is 0 Å². The van der Waals surface area contributed by atoms with Crippen molar-refractivity contribution >= 4 is 5.96 Å². The monoisotopic (exact) mass is 227 g/mol. The first kappa shape index (κ1) is 13.3. The van der Waals surface area contributed by atoms with Crippen LogP contribution < -0.4 is 11.3 Å². The maximum Gasteiger partial charge on any atom is 0.208 e. The first-order valence-electron chi connectivity index (χ1n) is 6.00. The molecule has 0 aliphatic carbocycles. The smallest absolute Gasteiger partial charge is 0.208 e. The molecular weight excluding hydrogens is 202 g/mol. The van der Waals surface area contributed by atoms with Crippen LogP contribution >= 0.6 is 0 Å². The molecule has 0 aromatic carbocycles. The first-order valence-corrected chi connectivity index (χ1v) is 6.00. The van der Waals surface area contributed by atoms with Crippen LogP contribution in [0.2, 0.25) is 0 Å². The van der Waals surface area contributed by atoms with Crippen molar-refractivity contribution in [3.8, 4) is 0 Å². The topological polar surface area (TPSA) is 56.9 Å². The van der Waals surface area contributed by atoms with Gasteiger partial charge in [-0.15, -0.1) is 0 Å². The molecule has 0 aromatic rings. The van der Waals surface area contributed by atoms with Crippen molar-refractivity contribution < 1.29 is 0 Å². The number of nitrogens with two attached hydrogens (primary N) is 1. The van der Waals surface area contributed by atoms with Crippen molar-refractivity contribution in [1.82, 2.24) is 15.2 Å². The third kappa shape index (κ3) is 3.64. The largest absolute Gasteiger partial charge is 0.339 e. The number of piperazine rings is 1. The molecule has 3 N–H and O–H groups in total. The second kappa shape index (κ2) is 6.06. The lowest BCUT2D eigenvalue weighted by Gasteiger charge is -2.38. The highest BCUT2D eigenvalue weighted by molar-refractivity contribution is 5.79. The van der Waals surface area contributed by atoms with Gasteiger partial charge in [0.1, 0.15) is 0 Å². The zero-order chi connectivity index (χ0) is 12.1. The fourth-order valence-electron chi connectivity index (χ4n) is 1.75. The summed E-state index contributed by atoms with van der Waals surface area (Å²) in [5.74, 6) is 6.92. The second-order valence-corrected chi connectivity index (χ2v) is 4.98. The van der Waals surface area contributed by atoms with E-state index in [2.05, 4.69) is 48.0 Å². The van der Waals surface area contributed by atoms with Gasteiger partial charge in [0.15, 0.2) is 0 Å². The van der Waals surface area contributed by atoms with Crippen LogP contribution in [0.5, 0.6) is 0 Å². The molecule has 0 spiro atoms. The van der Waals surface area contributed by atoms with Crippen LogP contribution in [0, 0.1) is 5.92 Å². The van der Waals surface area contributed by atoms with E-state index in [0.29, 0.717) is 12.0 Å². The molecule has 1 aliphatic heterocycles. The highest BCUT2D eigenvalue weighted by atomic mass is 15.4. The van der Waals surface area contributed by atoms with Crippen LogP contribution in [-0.2, 0) is 0 Å². The molecule has 1 rings (SSSR count). The van der Waals surface area contributed by atoms with Crippen molar-refractivity contribution in [2.45, 2.75) is 26.8 Å². The van der Waals surface area contributed by atoms with Gasteiger partial charge in [0, 0.05) is 32.2 Å². The molecule has 0 saturated carbocycles. The van der Waals surface area contributed by atoms with E-state index in [-0.39, 0.29) is 0 Å². The Bertz CT molecular complexity index is 239. The van der Waals surface area contributed by atoms with Crippen LogP contribution in [-0.4, -0.2) is 55.0 Å². The molecule has 16 heavy (non-hydrogen) atoms. The number of nitrogens with one attached hydrogen (secondary N) is 1. The Morgan fingerprint density at radius 3 is 2.69 bits per heavy atom. The molecule has 0 bridgehead atoms. The molecule has 1 heterocycles. The zero-order valence-corrected chi connectivity index (χ0v) is 10.9. The van der Waals surface area contributed by atoms with Crippen molar-refractivity contribution in [2.24, 2.45) is 16.8 Å². The Morgan fingerprint density at radius 1 is 1.50 bits per heavy atom. The minimum Gasteiger partial charge on any atom is -0.339 e. The SMILES string of the molecule is CC(C)CN=C(NN)N1CCN(C)C(C)C1. The minimum atomic E-state index is 0.548. The number of likely N-dealkylation sites (N-methyl/N-ethyl adjacent to an activating group) is 1. The molecule has 1 fully saturated rings. The van der Waals surface area contributed by atoms with Crippen LogP contribution in [0.15, 0.2) is 4.99 Å². The lowest BCUT2D eigenvalue weighted by molar-refractivity contribution is 0.150. The molecule has 0 radical (unpaired) electrons. The number of nitrogens with zero attached hydrogens (tertiary/aromatic N) is 3. The van der Waals surface area contributed by atoms with Gasteiger partial charge in [0.05, 0.1) is 0 Å². The summed E-state index contributed by atoms with van der Waals surface area (Å²) in [5, 5.41) is 0. The Balaban J connectivity index is 2.56. The van der Waals surface area contributed by atoms with Crippen LogP contribution in [0.3, 0.4) is 0 Å². The molecule has 5 heteroatoms. The molecule has 1 atom stereocenters. The normalized spacial score (nSPS) is 24.0. The summed E-state index contributed by atoms with van der Waals surface area (Å²) in [5.41, 5.74) is 2.72. The molecule has 5 nitrogen and oxygen atoms in total. The van der Waals surface area contributed by atoms with Gasteiger partial charge in [-0.3, -0.25) is 10.4 Å². The molecule has 0 amide bonds. The Hall–Kier alpha value is -0.810. The average molecular weight is 227 g/mol. The summed E-state index contributed by atoms with van der Waals surface area (Å²) in [7, 11) is 2.16. The number of guanidine groups is 1. The van der Waals surface area contributed by atoms with Crippen LogP contribution in [0.25, 0.3) is 0 Å². The van der Waals surface area contributed by atoms with E-state index in [1.165, 1.54) is 0 Å². The molecule has 1 unspecified atom stereocenters. The van der Waals surface area contributed by atoms with Gasteiger partial charge in [0.25, 0.3) is 0 Å². The molecule has 1 aliphatic rings. The molecule has 0 aromatic heterocycles. The fourth-order valence-corrected chi connectivity index (χ4v) is 1.75. The Morgan fingerprint density at radius 2 is 2.19 bits per heavy atom. The lowest BCUT2D eigenvalue weighted by Crippen LogP contribution is -2.56. The lowest BCUT2D eigenvalue weighted by atomic mass is 10.2. The van der Waals surface area contributed by atoms with Gasteiger partial charge < -0.3 is 9.80 Å². The van der Waals surface area contributed by atoms with Gasteiger partial charge in [-0.05, 0) is 19.9 Å². The van der Waals surface area contributed by atoms with E-state index >= 15 is 0 Å². The van der Waals surface area contributed by atoms with Gasteiger partial charge in [-0.2, -0.15) is 0 Å². The maximum absolute atomic E-state index is 5.53. The predicted molar refractivity (Wildman–Crippen MR) is 68.1 cm³/mol. The number of hydrogen-bond donors (Lipinski definition) is 2. The van der Waals surface area contributed by atoms with Gasteiger partial charge in [-0.1, -0.05) is 13.8 Å². The highest BCUT2D eigenvalue weighted by Crippen LogP contribution is 2.07. The summed E-state index contributed by atoms with van der Waals surface area (Å²) >= 11 is 0. The van der Waals surface area contributed by atoms with E-state index < -0.39 is 0 Å². The first-order chi connectivity index (χ1) is 7.54. The Kier molecular flexibility index (Phi) is 5.02. The second-order valence-electron chi connectivity index (χ2n) is 4.98. The van der Waals surface area contributed by atoms with Crippen molar-refractivity contribution in [3.05, 3.63) is 0 Å². The number of rotatable bonds is 2. The van der Waals surface area contributed by atoms with Crippen molar-refractivity contribution in [1.29, 1.82) is 0 Å². The average Bonchev–Trinajstić information content (AvgIpc) is 2.23. The van der Waals surface area contributed by atoms with E-state index in [9.17, 15) is 0 Å². The van der Waals surface area contributed by atoms with E-state index in [1.807, 2.05) is 0 Å². The van der Waals surface area contributed by atoms with Gasteiger partial charge in [-0.25, -0.2) is 5.84 Å². The molecule has 94 valence electrons. The third-order valence-electron chi connectivity index (χ3n) is 2.99. The third-order valence-corrected chi connectivity index (χ3v) is 2.99. The standard InChI is InChI=1S/C11H25N5/c1-9(2)7-13-11(14-12)16-6-5-15(4)10(3)8-16/h9-10H,5-8,12H2,1-4H3,(H,13,14). The van der Waals surface area contributed by atoms with Crippen molar-refractivity contribution in [2.75, 3.05) is 33.2 Å². The fraction of sp³-hybridized carbons (Fsp3) is 0.909. The van der Waals surface area contributed by atoms with E-state index in [4.69, 9.17) is 5.84 Å². The summed E-state index contributed by atoms with van der Waals surface area (Å²) in [4.78, 5) is 9.10. The summed E-state index contributed by atoms with van der Waals surface area (Å²) in [6, 6.07) is 0.548. The Labute approximate surface area is 98.7 Å². The maximum atomic E-state index is 5.53.